The molecule has 0 unspecified atom stereocenters. The van der Waals surface area contributed by atoms with Gasteiger partial charge in [-0.1, -0.05) is 0 Å². The third-order valence-electron chi connectivity index (χ3n) is 3.40. The topological polar surface area (TPSA) is 67.9 Å². The maximum atomic E-state index is 12.8. The van der Waals surface area contributed by atoms with Crippen molar-refractivity contribution in [2.24, 2.45) is 0 Å². The predicted octanol–water partition coefficient (Wildman–Crippen LogP) is 1.11. The molecule has 0 aromatic heterocycles. The second kappa shape index (κ2) is 7.31. The van der Waals surface area contributed by atoms with Crippen LogP contribution >= 0.6 is 12.4 Å². The molecule has 8 heteroatoms. The third kappa shape index (κ3) is 3.60. The van der Waals surface area contributed by atoms with Gasteiger partial charge in [-0.2, -0.15) is 4.31 Å². The first-order valence-electron chi connectivity index (χ1n) is 6.45. The van der Waals surface area contributed by atoms with Crippen molar-refractivity contribution in [3.63, 3.8) is 0 Å². The summed E-state index contributed by atoms with van der Waals surface area (Å²) in [7, 11) is -0.632. The predicted molar refractivity (Wildman–Crippen MR) is 83.0 cm³/mol. The van der Waals surface area contributed by atoms with E-state index in [9.17, 15) is 8.42 Å². The lowest BCUT2D eigenvalue weighted by molar-refractivity contribution is 0.282. The summed E-state index contributed by atoms with van der Waals surface area (Å²) in [5.41, 5.74) is 0. The van der Waals surface area contributed by atoms with E-state index in [4.69, 9.17) is 9.47 Å². The van der Waals surface area contributed by atoms with Crippen molar-refractivity contribution in [2.75, 3.05) is 33.9 Å². The number of piperazine rings is 1. The first kappa shape index (κ1) is 18.0. The minimum atomic E-state index is -3.60. The Bertz CT molecular complexity index is 580. The van der Waals surface area contributed by atoms with Gasteiger partial charge in [0.2, 0.25) is 10.0 Å². The quantitative estimate of drug-likeness (QED) is 0.892. The van der Waals surface area contributed by atoms with E-state index in [1.807, 2.05) is 6.92 Å². The van der Waals surface area contributed by atoms with Crippen LogP contribution in [0.15, 0.2) is 23.1 Å². The minimum Gasteiger partial charge on any atom is -0.497 e. The maximum Gasteiger partial charge on any atom is 0.247 e. The molecule has 0 amide bonds. The smallest absolute Gasteiger partial charge is 0.247 e. The largest absolute Gasteiger partial charge is 0.497 e. The molecule has 0 saturated carbocycles. The Kier molecular flexibility index (Phi) is 6.27. The van der Waals surface area contributed by atoms with Gasteiger partial charge in [0, 0.05) is 31.7 Å². The van der Waals surface area contributed by atoms with Gasteiger partial charge in [-0.3, -0.25) is 0 Å². The Balaban J connectivity index is 0.00000220. The minimum absolute atomic E-state index is 0. The van der Waals surface area contributed by atoms with Crippen LogP contribution in [0.3, 0.4) is 0 Å². The Hall–Kier alpha value is -1.02. The van der Waals surface area contributed by atoms with E-state index in [0.717, 1.165) is 0 Å². The second-order valence-corrected chi connectivity index (χ2v) is 6.54. The SMILES string of the molecule is COc1ccc(OC)c(S(=O)(=O)N2CCNC[C@@H]2C)c1.Cl. The van der Waals surface area contributed by atoms with E-state index in [-0.39, 0.29) is 23.3 Å². The van der Waals surface area contributed by atoms with Gasteiger partial charge >= 0.3 is 0 Å². The number of sulfonamides is 1. The van der Waals surface area contributed by atoms with Crippen molar-refractivity contribution in [3.8, 4) is 11.5 Å². The standard InChI is InChI=1S/C13H20N2O4S.ClH/c1-10-9-14-6-7-15(10)20(16,17)13-8-11(18-2)4-5-12(13)19-3;/h4-5,8,10,14H,6-7,9H2,1-3H3;1H/t10-;/m0./s1. The molecule has 2 rings (SSSR count). The normalized spacial score (nSPS) is 19.7. The average Bonchev–Trinajstić information content (AvgIpc) is 2.46. The van der Waals surface area contributed by atoms with Gasteiger partial charge in [0.1, 0.15) is 16.4 Å². The summed E-state index contributed by atoms with van der Waals surface area (Å²) in [6.07, 6.45) is 0. The summed E-state index contributed by atoms with van der Waals surface area (Å²) >= 11 is 0. The zero-order chi connectivity index (χ0) is 14.8. The molecule has 0 spiro atoms. The van der Waals surface area contributed by atoms with Crippen LogP contribution in [0, 0.1) is 0 Å². The summed E-state index contributed by atoms with van der Waals surface area (Å²) < 4.78 is 37.4. The molecule has 1 aromatic carbocycles. The summed E-state index contributed by atoms with van der Waals surface area (Å²) in [5, 5.41) is 3.18. The van der Waals surface area contributed by atoms with Gasteiger partial charge in [-0.25, -0.2) is 8.42 Å². The van der Waals surface area contributed by atoms with E-state index in [1.54, 1.807) is 12.1 Å². The number of hydrogen-bond donors (Lipinski definition) is 1. The van der Waals surface area contributed by atoms with Gasteiger partial charge in [0.15, 0.2) is 0 Å². The van der Waals surface area contributed by atoms with Crippen molar-refractivity contribution in [1.29, 1.82) is 0 Å². The molecule has 6 nitrogen and oxygen atoms in total. The Morgan fingerprint density at radius 3 is 2.57 bits per heavy atom. The number of benzene rings is 1. The second-order valence-electron chi connectivity index (χ2n) is 4.69. The van der Waals surface area contributed by atoms with Crippen LogP contribution in [-0.4, -0.2) is 52.6 Å². The number of rotatable bonds is 4. The highest BCUT2D eigenvalue weighted by atomic mass is 35.5. The van der Waals surface area contributed by atoms with Crippen LogP contribution in [0.2, 0.25) is 0 Å². The third-order valence-corrected chi connectivity index (χ3v) is 5.43. The highest BCUT2D eigenvalue weighted by molar-refractivity contribution is 7.89. The van der Waals surface area contributed by atoms with Crippen molar-refractivity contribution in [1.82, 2.24) is 9.62 Å². The first-order chi connectivity index (χ1) is 9.50. The van der Waals surface area contributed by atoms with E-state index in [2.05, 4.69) is 5.32 Å². The maximum absolute atomic E-state index is 12.8. The van der Waals surface area contributed by atoms with E-state index >= 15 is 0 Å². The molecule has 120 valence electrons. The lowest BCUT2D eigenvalue weighted by Crippen LogP contribution is -2.52. The lowest BCUT2D eigenvalue weighted by atomic mass is 10.3. The lowest BCUT2D eigenvalue weighted by Gasteiger charge is -2.33. The van der Waals surface area contributed by atoms with Crippen LogP contribution in [0.4, 0.5) is 0 Å². The highest BCUT2D eigenvalue weighted by Crippen LogP contribution is 2.31. The molecule has 1 aliphatic heterocycles. The van der Waals surface area contributed by atoms with Gasteiger partial charge in [0.05, 0.1) is 14.2 Å². The Labute approximate surface area is 131 Å². The fourth-order valence-electron chi connectivity index (χ4n) is 2.29. The molecule has 1 saturated heterocycles. The average molecular weight is 337 g/mol. The zero-order valence-electron chi connectivity index (χ0n) is 12.3. The van der Waals surface area contributed by atoms with Gasteiger partial charge in [0.25, 0.3) is 0 Å². The molecular weight excluding hydrogens is 316 g/mol. The van der Waals surface area contributed by atoms with Crippen molar-refractivity contribution in [2.45, 2.75) is 17.9 Å². The summed E-state index contributed by atoms with van der Waals surface area (Å²) in [4.78, 5) is 0.146. The van der Waals surface area contributed by atoms with Gasteiger partial charge in [-0.05, 0) is 19.1 Å². The molecule has 1 fully saturated rings. The van der Waals surface area contributed by atoms with Crippen LogP contribution in [0.5, 0.6) is 11.5 Å². The molecular formula is C13H21ClN2O4S. The first-order valence-corrected chi connectivity index (χ1v) is 7.89. The molecule has 1 aromatic rings. The Morgan fingerprint density at radius 2 is 2.00 bits per heavy atom. The van der Waals surface area contributed by atoms with E-state index in [1.165, 1.54) is 24.6 Å². The molecule has 1 aliphatic rings. The van der Waals surface area contributed by atoms with Crippen LogP contribution in [0.1, 0.15) is 6.92 Å². The van der Waals surface area contributed by atoms with Crippen molar-refractivity contribution < 1.29 is 17.9 Å². The number of hydrogen-bond acceptors (Lipinski definition) is 5. The summed E-state index contributed by atoms with van der Waals surface area (Å²) in [6, 6.07) is 4.70. The highest BCUT2D eigenvalue weighted by Gasteiger charge is 2.33. The molecule has 0 radical (unpaired) electrons. The van der Waals surface area contributed by atoms with Gasteiger partial charge in [-0.15, -0.1) is 12.4 Å². The van der Waals surface area contributed by atoms with Crippen LogP contribution in [-0.2, 0) is 10.0 Å². The molecule has 1 N–H and O–H groups in total. The number of nitrogens with one attached hydrogen (secondary N) is 1. The van der Waals surface area contributed by atoms with Crippen LogP contribution < -0.4 is 14.8 Å². The fraction of sp³-hybridized carbons (Fsp3) is 0.538. The number of halogens is 1. The molecule has 1 atom stereocenters. The molecule has 0 aliphatic carbocycles. The molecule has 1 heterocycles. The van der Waals surface area contributed by atoms with E-state index in [0.29, 0.717) is 31.1 Å². The number of nitrogens with zero attached hydrogens (tertiary/aromatic N) is 1. The monoisotopic (exact) mass is 336 g/mol. The summed E-state index contributed by atoms with van der Waals surface area (Å²) in [5.74, 6) is 0.823. The van der Waals surface area contributed by atoms with E-state index < -0.39 is 10.0 Å². The van der Waals surface area contributed by atoms with Crippen LogP contribution in [0.25, 0.3) is 0 Å². The number of ether oxygens (including phenoxy) is 2. The van der Waals surface area contributed by atoms with Crippen molar-refractivity contribution >= 4 is 22.4 Å². The Morgan fingerprint density at radius 1 is 1.29 bits per heavy atom. The van der Waals surface area contributed by atoms with Gasteiger partial charge < -0.3 is 14.8 Å². The molecule has 0 bridgehead atoms. The molecule has 21 heavy (non-hydrogen) atoms. The fourth-order valence-corrected chi connectivity index (χ4v) is 4.09. The summed E-state index contributed by atoms with van der Waals surface area (Å²) in [6.45, 7) is 3.63. The zero-order valence-corrected chi connectivity index (χ0v) is 14.0. The number of methoxy groups -OCH3 is 2. The van der Waals surface area contributed by atoms with Crippen molar-refractivity contribution in [3.05, 3.63) is 18.2 Å².